The first-order chi connectivity index (χ1) is 7.43. The van der Waals surface area contributed by atoms with Crippen molar-refractivity contribution in [3.05, 3.63) is 0 Å². The largest absolute Gasteiger partial charge is 0.0654 e. The molecule has 1 saturated carbocycles. The van der Waals surface area contributed by atoms with E-state index in [9.17, 15) is 0 Å². The minimum Gasteiger partial charge on any atom is -0.0654 e. The molecular formula is C15H30. The van der Waals surface area contributed by atoms with Gasteiger partial charge in [0.15, 0.2) is 0 Å². The lowest BCUT2D eigenvalue weighted by Crippen LogP contribution is -2.02. The molecule has 0 unspecified atom stereocenters. The second-order valence-electron chi connectivity index (χ2n) is 5.41. The third-order valence-corrected chi connectivity index (χ3v) is 3.94. The molecular weight excluding hydrogens is 180 g/mol. The van der Waals surface area contributed by atoms with Gasteiger partial charge in [-0.2, -0.15) is 0 Å². The second kappa shape index (κ2) is 9.24. The Morgan fingerprint density at radius 1 is 0.733 bits per heavy atom. The highest BCUT2D eigenvalue weighted by Crippen LogP contribution is 2.25. The smallest absolute Gasteiger partial charge is 0.0414 e. The van der Waals surface area contributed by atoms with Gasteiger partial charge in [-0.05, 0) is 5.92 Å². The van der Waals surface area contributed by atoms with E-state index in [1.807, 2.05) is 0 Å². The predicted octanol–water partition coefficient (Wildman–Crippen LogP) is 5.71. The van der Waals surface area contributed by atoms with Crippen molar-refractivity contribution >= 4 is 0 Å². The quantitative estimate of drug-likeness (QED) is 0.521. The summed E-state index contributed by atoms with van der Waals surface area (Å²) in [5, 5.41) is 0. The Hall–Kier alpha value is 0. The molecule has 0 saturated heterocycles. The van der Waals surface area contributed by atoms with Crippen LogP contribution in [-0.2, 0) is 0 Å². The lowest BCUT2D eigenvalue weighted by atomic mass is 9.88. The Morgan fingerprint density at radius 2 is 1.27 bits per heavy atom. The molecule has 0 heteroatoms. The van der Waals surface area contributed by atoms with Crippen molar-refractivity contribution in [1.29, 1.82) is 0 Å². The molecule has 0 bridgehead atoms. The van der Waals surface area contributed by atoms with Crippen LogP contribution in [0.25, 0.3) is 0 Å². The lowest BCUT2D eigenvalue weighted by molar-refractivity contribution is 0.358. The van der Waals surface area contributed by atoms with Crippen LogP contribution in [-0.4, -0.2) is 0 Å². The molecule has 1 rings (SSSR count). The van der Waals surface area contributed by atoms with Crippen molar-refractivity contribution in [1.82, 2.24) is 0 Å². The fraction of sp³-hybridized carbons (Fsp3) is 1.00. The van der Waals surface area contributed by atoms with Crippen molar-refractivity contribution in [2.45, 2.75) is 90.4 Å². The molecule has 1 fully saturated rings. The van der Waals surface area contributed by atoms with Gasteiger partial charge in [-0.3, -0.25) is 0 Å². The maximum Gasteiger partial charge on any atom is -0.0414 e. The Bertz CT molecular complexity index is 115. The highest BCUT2D eigenvalue weighted by atomic mass is 14.1. The molecule has 0 nitrogen and oxygen atoms in total. The summed E-state index contributed by atoms with van der Waals surface area (Å²) in [5.41, 5.74) is 0. The van der Waals surface area contributed by atoms with Gasteiger partial charge in [0.05, 0.1) is 0 Å². The maximum absolute atomic E-state index is 2.31. The zero-order chi connectivity index (χ0) is 10.8. The van der Waals surface area contributed by atoms with Crippen LogP contribution in [0.15, 0.2) is 0 Å². The summed E-state index contributed by atoms with van der Waals surface area (Å²) in [4.78, 5) is 0. The van der Waals surface area contributed by atoms with Gasteiger partial charge in [0, 0.05) is 0 Å². The van der Waals surface area contributed by atoms with E-state index in [0.29, 0.717) is 0 Å². The molecule has 0 aromatic rings. The van der Waals surface area contributed by atoms with E-state index >= 15 is 0 Å². The first kappa shape index (κ1) is 13.1. The molecule has 0 aromatic carbocycles. The summed E-state index contributed by atoms with van der Waals surface area (Å²) in [5.74, 6) is 1.08. The number of rotatable bonds is 4. The van der Waals surface area contributed by atoms with Gasteiger partial charge in [0.25, 0.3) is 0 Å². The van der Waals surface area contributed by atoms with Crippen LogP contribution in [0.5, 0.6) is 0 Å². The van der Waals surface area contributed by atoms with Crippen molar-refractivity contribution in [2.24, 2.45) is 5.92 Å². The lowest BCUT2D eigenvalue weighted by Gasteiger charge is -2.18. The van der Waals surface area contributed by atoms with Gasteiger partial charge in [-0.1, -0.05) is 90.4 Å². The van der Waals surface area contributed by atoms with E-state index in [1.54, 1.807) is 0 Å². The van der Waals surface area contributed by atoms with Crippen LogP contribution in [0.4, 0.5) is 0 Å². The van der Waals surface area contributed by atoms with Gasteiger partial charge in [-0.25, -0.2) is 0 Å². The first-order valence-corrected chi connectivity index (χ1v) is 7.43. The van der Waals surface area contributed by atoms with Crippen LogP contribution in [0, 0.1) is 5.92 Å². The van der Waals surface area contributed by atoms with Crippen molar-refractivity contribution in [3.63, 3.8) is 0 Å². The molecule has 1 aliphatic carbocycles. The molecule has 0 aromatic heterocycles. The topological polar surface area (TPSA) is 0 Å². The van der Waals surface area contributed by atoms with E-state index < -0.39 is 0 Å². The van der Waals surface area contributed by atoms with Crippen LogP contribution in [0.2, 0.25) is 0 Å². The van der Waals surface area contributed by atoms with Gasteiger partial charge in [0.1, 0.15) is 0 Å². The SMILES string of the molecule is CCCCCC1CCCCCCCCC1. The molecule has 90 valence electrons. The zero-order valence-electron chi connectivity index (χ0n) is 10.8. The minimum atomic E-state index is 1.08. The Kier molecular flexibility index (Phi) is 8.05. The molecule has 0 heterocycles. The molecule has 0 radical (unpaired) electrons. The van der Waals surface area contributed by atoms with Crippen LogP contribution >= 0.6 is 0 Å². The molecule has 0 spiro atoms. The van der Waals surface area contributed by atoms with Crippen molar-refractivity contribution in [2.75, 3.05) is 0 Å². The highest BCUT2D eigenvalue weighted by Gasteiger charge is 2.09. The van der Waals surface area contributed by atoms with Crippen molar-refractivity contribution < 1.29 is 0 Å². The van der Waals surface area contributed by atoms with E-state index in [0.717, 1.165) is 5.92 Å². The first-order valence-electron chi connectivity index (χ1n) is 7.43. The molecule has 0 amide bonds. The maximum atomic E-state index is 2.31. The van der Waals surface area contributed by atoms with Crippen molar-refractivity contribution in [3.8, 4) is 0 Å². The van der Waals surface area contributed by atoms with Gasteiger partial charge in [0.2, 0.25) is 0 Å². The van der Waals surface area contributed by atoms with Crippen LogP contribution in [0.3, 0.4) is 0 Å². The number of hydrogen-bond acceptors (Lipinski definition) is 0. The van der Waals surface area contributed by atoms with E-state index in [4.69, 9.17) is 0 Å². The molecule has 1 aliphatic rings. The third-order valence-electron chi connectivity index (χ3n) is 3.94. The molecule has 0 atom stereocenters. The zero-order valence-corrected chi connectivity index (χ0v) is 10.8. The molecule has 0 N–H and O–H groups in total. The van der Waals surface area contributed by atoms with Gasteiger partial charge in [-0.15, -0.1) is 0 Å². The summed E-state index contributed by atoms with van der Waals surface area (Å²) in [6.45, 7) is 2.31. The minimum absolute atomic E-state index is 1.08. The highest BCUT2D eigenvalue weighted by molar-refractivity contribution is 4.62. The Labute approximate surface area is 96.8 Å². The molecule has 15 heavy (non-hydrogen) atoms. The standard InChI is InChI=1S/C15H30/c1-2-3-9-12-15-13-10-7-5-4-6-8-11-14-15/h15H,2-14H2,1H3. The summed E-state index contributed by atoms with van der Waals surface area (Å²) in [7, 11) is 0. The Balaban J connectivity index is 2.13. The monoisotopic (exact) mass is 210 g/mol. The van der Waals surface area contributed by atoms with E-state index in [-0.39, 0.29) is 0 Å². The molecule has 0 aliphatic heterocycles. The Morgan fingerprint density at radius 3 is 1.80 bits per heavy atom. The summed E-state index contributed by atoms with van der Waals surface area (Å²) >= 11 is 0. The second-order valence-corrected chi connectivity index (χ2v) is 5.41. The van der Waals surface area contributed by atoms with Gasteiger partial charge < -0.3 is 0 Å². The number of unbranched alkanes of at least 4 members (excludes halogenated alkanes) is 2. The average Bonchev–Trinajstić information content (AvgIpc) is 2.27. The third kappa shape index (κ3) is 6.98. The normalized spacial score (nSPS) is 21.4. The van der Waals surface area contributed by atoms with Crippen LogP contribution < -0.4 is 0 Å². The fourth-order valence-electron chi connectivity index (χ4n) is 2.87. The van der Waals surface area contributed by atoms with E-state index in [2.05, 4.69) is 6.92 Å². The van der Waals surface area contributed by atoms with Crippen LogP contribution in [0.1, 0.15) is 90.4 Å². The predicted molar refractivity (Wildman–Crippen MR) is 69.2 cm³/mol. The number of hydrogen-bond donors (Lipinski definition) is 0. The summed E-state index contributed by atoms with van der Waals surface area (Å²) in [6.07, 6.45) is 19.4. The van der Waals surface area contributed by atoms with E-state index in [1.165, 1.54) is 83.5 Å². The van der Waals surface area contributed by atoms with Gasteiger partial charge >= 0.3 is 0 Å². The summed E-state index contributed by atoms with van der Waals surface area (Å²) < 4.78 is 0. The average molecular weight is 210 g/mol. The summed E-state index contributed by atoms with van der Waals surface area (Å²) in [6, 6.07) is 0. The fourth-order valence-corrected chi connectivity index (χ4v) is 2.87.